The van der Waals surface area contributed by atoms with E-state index in [1.807, 2.05) is 36.8 Å². The van der Waals surface area contributed by atoms with Crippen molar-refractivity contribution in [2.75, 3.05) is 54.6 Å². The Kier molecular flexibility index (Phi) is 7.40. The smallest absolute Gasteiger partial charge is 0.253 e. The normalized spacial score (nSPS) is 16.5. The molecule has 3 aromatic rings. The zero-order valence-electron chi connectivity index (χ0n) is 18.7. The average molecular weight is 505 g/mol. The molecule has 1 saturated heterocycles. The zero-order chi connectivity index (χ0) is 23.4. The number of rotatable bonds is 8. The summed E-state index contributed by atoms with van der Waals surface area (Å²) in [5.74, 6) is 5.64. The van der Waals surface area contributed by atoms with E-state index in [1.54, 1.807) is 16.7 Å². The second-order valence-electron chi connectivity index (χ2n) is 8.18. The van der Waals surface area contributed by atoms with E-state index in [9.17, 15) is 9.00 Å². The second-order valence-corrected chi connectivity index (χ2v) is 12.8. The van der Waals surface area contributed by atoms with Gasteiger partial charge in [-0.25, -0.2) is 15.0 Å². The number of nitrogens with zero attached hydrogens (tertiary/aromatic N) is 4. The molecule has 1 amide bonds. The molecule has 4 rings (SSSR count). The van der Waals surface area contributed by atoms with Gasteiger partial charge < -0.3 is 15.5 Å². The van der Waals surface area contributed by atoms with E-state index in [4.69, 9.17) is 0 Å². The van der Waals surface area contributed by atoms with Gasteiger partial charge in [0.25, 0.3) is 5.91 Å². The number of aromatic nitrogens is 3. The summed E-state index contributed by atoms with van der Waals surface area (Å²) in [5, 5.41) is 7.49. The van der Waals surface area contributed by atoms with Gasteiger partial charge in [0.05, 0.1) is 10.2 Å². The van der Waals surface area contributed by atoms with Crippen molar-refractivity contribution >= 4 is 65.7 Å². The SMILES string of the molecule is C=S1(=O)CCN(C(=O)c2ccc3nc(NC[C@@H](C)CNc4ncc(SC)cn4)sc3c2)CC1. The lowest BCUT2D eigenvalue weighted by molar-refractivity contribution is 0.0771. The summed E-state index contributed by atoms with van der Waals surface area (Å²) >= 11 is 3.16. The van der Waals surface area contributed by atoms with Crippen molar-refractivity contribution in [2.45, 2.75) is 11.8 Å². The van der Waals surface area contributed by atoms with E-state index < -0.39 is 9.52 Å². The van der Waals surface area contributed by atoms with Crippen molar-refractivity contribution in [1.82, 2.24) is 19.9 Å². The first-order chi connectivity index (χ1) is 15.8. The molecule has 33 heavy (non-hydrogen) atoms. The van der Waals surface area contributed by atoms with Crippen LogP contribution < -0.4 is 10.6 Å². The molecule has 0 aliphatic carbocycles. The Hall–Kier alpha value is -2.37. The zero-order valence-corrected chi connectivity index (χ0v) is 21.2. The Morgan fingerprint density at radius 1 is 1.24 bits per heavy atom. The molecule has 0 radical (unpaired) electrons. The third-order valence-corrected chi connectivity index (χ3v) is 8.97. The molecule has 2 aromatic heterocycles. The highest BCUT2D eigenvalue weighted by atomic mass is 32.2. The number of thioether (sulfide) groups is 1. The number of nitrogens with one attached hydrogen (secondary N) is 2. The lowest BCUT2D eigenvalue weighted by Crippen LogP contribution is -2.43. The van der Waals surface area contributed by atoms with Crippen LogP contribution in [0.1, 0.15) is 17.3 Å². The van der Waals surface area contributed by atoms with Crippen LogP contribution in [0, 0.1) is 5.92 Å². The predicted molar refractivity (Wildman–Crippen MR) is 140 cm³/mol. The fourth-order valence-corrected chi connectivity index (χ4v) is 5.94. The largest absolute Gasteiger partial charge is 0.361 e. The van der Waals surface area contributed by atoms with Gasteiger partial charge >= 0.3 is 0 Å². The number of fused-ring (bicyclic) bond motifs is 1. The molecule has 1 aromatic carbocycles. The number of amides is 1. The number of carbonyl (C=O) groups excluding carboxylic acids is 1. The highest BCUT2D eigenvalue weighted by Gasteiger charge is 2.23. The Labute approximate surface area is 202 Å². The lowest BCUT2D eigenvalue weighted by atomic mass is 10.2. The van der Waals surface area contributed by atoms with Crippen LogP contribution in [-0.4, -0.2) is 79.8 Å². The number of hydrogen-bond donors (Lipinski definition) is 2. The molecule has 1 fully saturated rings. The summed E-state index contributed by atoms with van der Waals surface area (Å²) in [6.07, 6.45) is 5.62. The minimum atomic E-state index is -2.02. The minimum absolute atomic E-state index is 0.0258. The Bertz CT molecular complexity index is 1210. The van der Waals surface area contributed by atoms with E-state index in [0.717, 1.165) is 33.3 Å². The molecule has 0 bridgehead atoms. The van der Waals surface area contributed by atoms with Crippen LogP contribution in [0.15, 0.2) is 35.5 Å². The summed E-state index contributed by atoms with van der Waals surface area (Å²) in [4.78, 5) is 28.9. The molecule has 0 unspecified atom stereocenters. The van der Waals surface area contributed by atoms with Gasteiger partial charge in [-0.3, -0.25) is 9.00 Å². The van der Waals surface area contributed by atoms with E-state index in [2.05, 4.69) is 38.4 Å². The number of anilines is 2. The molecule has 11 heteroatoms. The fraction of sp³-hybridized carbons (Fsp3) is 0.409. The molecular weight excluding hydrogens is 476 g/mol. The molecular formula is C22H28N6O2S3. The Balaban J connectivity index is 1.32. The summed E-state index contributed by atoms with van der Waals surface area (Å²) in [5.41, 5.74) is 1.51. The van der Waals surface area contributed by atoms with Crippen LogP contribution in [0.4, 0.5) is 11.1 Å². The molecule has 1 atom stereocenters. The van der Waals surface area contributed by atoms with Crippen molar-refractivity contribution < 1.29 is 9.00 Å². The van der Waals surface area contributed by atoms with Crippen molar-refractivity contribution in [2.24, 2.45) is 5.92 Å². The standard InChI is InChI=1S/C22H28N6O2S3/c1-15(11-23-21-24-13-17(31-2)14-25-21)12-26-22-27-18-5-4-16(10-19(18)32-22)20(29)28-6-8-33(3,30)9-7-28/h4-5,10,13-15H,3,6-9,11-12H2,1-2H3,(H,26,27)(H,23,24,25)/t15-/m0/s1. The van der Waals surface area contributed by atoms with E-state index in [-0.39, 0.29) is 5.91 Å². The van der Waals surface area contributed by atoms with E-state index >= 15 is 0 Å². The van der Waals surface area contributed by atoms with Crippen LogP contribution >= 0.6 is 23.1 Å². The third kappa shape index (κ3) is 6.15. The van der Waals surface area contributed by atoms with Crippen LogP contribution in [0.3, 0.4) is 0 Å². The first kappa shape index (κ1) is 23.8. The predicted octanol–water partition coefficient (Wildman–Crippen LogP) is 3.14. The van der Waals surface area contributed by atoms with Gasteiger partial charge in [-0.1, -0.05) is 18.3 Å². The highest BCUT2D eigenvalue weighted by molar-refractivity contribution is 8.00. The Morgan fingerprint density at radius 3 is 2.64 bits per heavy atom. The van der Waals surface area contributed by atoms with Gasteiger partial charge in [-0.2, -0.15) is 0 Å². The van der Waals surface area contributed by atoms with E-state index in [0.29, 0.717) is 42.0 Å². The number of carbonyl (C=O) groups is 1. The summed E-state index contributed by atoms with van der Waals surface area (Å²) < 4.78 is 13.0. The van der Waals surface area contributed by atoms with Gasteiger partial charge in [-0.15, -0.1) is 11.8 Å². The average Bonchev–Trinajstić information content (AvgIpc) is 3.23. The monoisotopic (exact) mass is 504 g/mol. The minimum Gasteiger partial charge on any atom is -0.361 e. The first-order valence-electron chi connectivity index (χ1n) is 10.7. The second kappa shape index (κ2) is 10.3. The van der Waals surface area contributed by atoms with Crippen molar-refractivity contribution in [3.05, 3.63) is 36.2 Å². The number of hydrogen-bond acceptors (Lipinski definition) is 9. The van der Waals surface area contributed by atoms with Gasteiger partial charge in [0.2, 0.25) is 5.95 Å². The molecule has 2 N–H and O–H groups in total. The number of benzene rings is 1. The van der Waals surface area contributed by atoms with Crippen LogP contribution in [0.5, 0.6) is 0 Å². The molecule has 8 nitrogen and oxygen atoms in total. The van der Waals surface area contributed by atoms with Gasteiger partial charge in [0, 0.05) is 60.5 Å². The maximum absolute atomic E-state index is 12.9. The van der Waals surface area contributed by atoms with E-state index in [1.165, 1.54) is 11.3 Å². The maximum atomic E-state index is 12.9. The molecule has 1 aliphatic rings. The van der Waals surface area contributed by atoms with Gasteiger partial charge in [0.1, 0.15) is 0 Å². The molecule has 1 aliphatic heterocycles. The summed E-state index contributed by atoms with van der Waals surface area (Å²) in [7, 11) is -2.02. The third-order valence-electron chi connectivity index (χ3n) is 5.46. The molecule has 3 heterocycles. The van der Waals surface area contributed by atoms with Crippen molar-refractivity contribution in [1.29, 1.82) is 0 Å². The van der Waals surface area contributed by atoms with Gasteiger partial charge in [0.15, 0.2) is 5.13 Å². The van der Waals surface area contributed by atoms with Crippen LogP contribution in [0.25, 0.3) is 10.2 Å². The fourth-order valence-electron chi connectivity index (χ4n) is 3.40. The quantitative estimate of drug-likeness (QED) is 0.357. The van der Waals surface area contributed by atoms with Crippen LogP contribution in [-0.2, 0) is 9.52 Å². The van der Waals surface area contributed by atoms with Gasteiger partial charge in [-0.05, 0) is 45.8 Å². The number of thiazole rings is 1. The first-order valence-corrected chi connectivity index (χ1v) is 14.8. The summed E-state index contributed by atoms with van der Waals surface area (Å²) in [6, 6.07) is 5.61. The van der Waals surface area contributed by atoms with Crippen LogP contribution in [0.2, 0.25) is 0 Å². The summed E-state index contributed by atoms with van der Waals surface area (Å²) in [6.45, 7) is 4.62. The van der Waals surface area contributed by atoms with Crippen molar-refractivity contribution in [3.8, 4) is 0 Å². The maximum Gasteiger partial charge on any atom is 0.253 e. The van der Waals surface area contributed by atoms with Crippen molar-refractivity contribution in [3.63, 3.8) is 0 Å². The lowest BCUT2D eigenvalue weighted by Gasteiger charge is -2.28. The molecule has 0 saturated carbocycles. The molecule has 0 spiro atoms. The highest BCUT2D eigenvalue weighted by Crippen LogP contribution is 2.27. The molecule has 176 valence electrons. The Morgan fingerprint density at radius 2 is 1.94 bits per heavy atom. The topological polar surface area (TPSA) is 100 Å².